The number of nitrogens with zero attached hydrogens (tertiary/aromatic N) is 12. The van der Waals surface area contributed by atoms with Crippen molar-refractivity contribution in [2.24, 2.45) is 0 Å². The number of likely N-dealkylation sites (tertiary alicyclic amines) is 2. The zero-order valence-corrected chi connectivity index (χ0v) is 80.0. The lowest BCUT2D eigenvalue weighted by molar-refractivity contribution is -0.133. The Balaban J connectivity index is 0.000000131. The van der Waals surface area contributed by atoms with E-state index in [9.17, 15) is 60.3 Å². The molecule has 7 aromatic heterocycles. The van der Waals surface area contributed by atoms with Crippen molar-refractivity contribution in [2.45, 2.75) is 51.5 Å². The van der Waals surface area contributed by atoms with Gasteiger partial charge in [0.05, 0.1) is 78.1 Å². The molecule has 0 unspecified atom stereocenters. The predicted molar refractivity (Wildman–Crippen MR) is 549 cm³/mol. The fourth-order valence-electron chi connectivity index (χ4n) is 16.8. The molecule has 0 bridgehead atoms. The summed E-state index contributed by atoms with van der Waals surface area (Å²) in [4.78, 5) is 137. The maximum absolute atomic E-state index is 13.6. The summed E-state index contributed by atoms with van der Waals surface area (Å²) in [6.07, 6.45) is 12.0. The molecule has 17 N–H and O–H groups in total. The van der Waals surface area contributed by atoms with E-state index in [1.54, 1.807) is 120 Å². The van der Waals surface area contributed by atoms with Crippen LogP contribution in [-0.2, 0) is 22.6 Å². The van der Waals surface area contributed by atoms with Gasteiger partial charge in [0.1, 0.15) is 58.2 Å². The first kappa shape index (κ1) is 102. The number of pyridine rings is 5. The molecule has 34 nitrogen and oxygen atoms in total. The van der Waals surface area contributed by atoms with E-state index < -0.39 is 11.8 Å². The van der Waals surface area contributed by atoms with Crippen molar-refractivity contribution < 1.29 is 69.6 Å². The number of nitrogen functional groups attached to an aromatic ring is 5. The molecule has 20 rings (SSSR count). The van der Waals surface area contributed by atoms with E-state index >= 15 is 0 Å². The average Bonchev–Trinajstić information content (AvgIpc) is 1.21. The molecule has 0 saturated carbocycles. The number of benzene rings is 10. The van der Waals surface area contributed by atoms with Gasteiger partial charge in [0.15, 0.2) is 5.82 Å². The fraction of sp³-hybridized carbons (Fsp3) is 0.176. The van der Waals surface area contributed by atoms with Crippen molar-refractivity contribution in [3.63, 3.8) is 0 Å². The molecule has 0 atom stereocenters. The van der Waals surface area contributed by atoms with Crippen molar-refractivity contribution >= 4 is 130 Å². The van der Waals surface area contributed by atoms with E-state index in [0.29, 0.717) is 168 Å². The number of hydrogen-bond acceptors (Lipinski definition) is 25. The Morgan fingerprint density at radius 3 is 1.02 bits per heavy atom. The quantitative estimate of drug-likeness (QED) is 0.0315. The highest BCUT2D eigenvalue weighted by atomic mass is 19.1. The number of morpholine rings is 1. The number of hydrogen-bond donors (Lipinski definition) is 12. The molecule has 39 heteroatoms. The second-order valence-electron chi connectivity index (χ2n) is 35.1. The van der Waals surface area contributed by atoms with Crippen molar-refractivity contribution in [2.75, 3.05) is 102 Å². The van der Waals surface area contributed by atoms with E-state index in [2.05, 4.69) is 101 Å². The number of carbonyl (C=O) groups is 8. The number of halogens is 5. The summed E-state index contributed by atoms with van der Waals surface area (Å²) in [5.41, 5.74) is 40.2. The lowest BCUT2D eigenvalue weighted by Crippen LogP contribution is -2.62. The van der Waals surface area contributed by atoms with Crippen LogP contribution in [0.1, 0.15) is 94.8 Å². The smallest absolute Gasteiger partial charge is 0.317 e. The van der Waals surface area contributed by atoms with E-state index in [1.165, 1.54) is 106 Å². The van der Waals surface area contributed by atoms with Crippen LogP contribution in [0.15, 0.2) is 266 Å². The summed E-state index contributed by atoms with van der Waals surface area (Å²) < 4.78 is 78.1. The van der Waals surface area contributed by atoms with Gasteiger partial charge >= 0.3 is 17.8 Å². The Bertz CT molecular complexity index is 7910. The van der Waals surface area contributed by atoms with Crippen LogP contribution in [-0.4, -0.2) is 198 Å². The molecule has 0 radical (unpaired) electrons. The van der Waals surface area contributed by atoms with Crippen LogP contribution in [0, 0.1) is 29.1 Å². The number of aromatic nitrogens is 9. The zero-order chi connectivity index (χ0) is 104. The summed E-state index contributed by atoms with van der Waals surface area (Å²) in [7, 11) is 3.01. The maximum Gasteiger partial charge on any atom is 0.317 e. The third kappa shape index (κ3) is 24.2. The minimum atomic E-state index is -0.520. The predicted octanol–water partition coefficient (Wildman–Crippen LogP) is 14.1. The number of urea groups is 1. The van der Waals surface area contributed by atoms with Gasteiger partial charge in [-0.25, -0.2) is 51.7 Å². The number of carbonyl (C=O) groups excluding carboxylic acids is 8. The Morgan fingerprint density at radius 1 is 0.374 bits per heavy atom. The van der Waals surface area contributed by atoms with Gasteiger partial charge in [-0.05, 0) is 187 Å². The van der Waals surface area contributed by atoms with Gasteiger partial charge in [-0.3, -0.25) is 48.4 Å². The highest BCUT2D eigenvalue weighted by Crippen LogP contribution is 2.37. The second kappa shape index (κ2) is 45.2. The number of nitrogens with one attached hydrogen (secondary N) is 7. The molecule has 0 aliphatic carbocycles. The van der Waals surface area contributed by atoms with Crippen LogP contribution in [0.5, 0.6) is 0 Å². The Labute approximate surface area is 837 Å². The minimum Gasteiger partial charge on any atom is -0.383 e. The maximum atomic E-state index is 13.6. The van der Waals surface area contributed by atoms with Crippen molar-refractivity contribution in [1.29, 1.82) is 0 Å². The highest BCUT2D eigenvalue weighted by molar-refractivity contribution is 6.14. The average molecular weight is 1990 g/mol. The molecule has 17 aromatic rings. The third-order valence-electron chi connectivity index (χ3n) is 24.9. The van der Waals surface area contributed by atoms with Crippen molar-refractivity contribution in [1.82, 2.24) is 96.9 Å². The molecule has 10 heterocycles. The Kier molecular flexibility index (Phi) is 31.3. The fourth-order valence-corrected chi connectivity index (χ4v) is 16.8. The zero-order valence-electron chi connectivity index (χ0n) is 80.0. The van der Waals surface area contributed by atoms with Crippen LogP contribution < -0.4 is 65.9 Å². The van der Waals surface area contributed by atoms with Gasteiger partial charge in [0, 0.05) is 143 Å². The molecular formula is C108H99F5N24O10. The lowest BCUT2D eigenvalue weighted by Gasteiger charge is -2.40. The highest BCUT2D eigenvalue weighted by Gasteiger charge is 2.35. The first-order chi connectivity index (χ1) is 70.8. The van der Waals surface area contributed by atoms with E-state index in [1.807, 2.05) is 66.7 Å². The first-order valence-corrected chi connectivity index (χ1v) is 46.3. The molecular weight excluding hydrogens is 1890 g/mol. The topological polar surface area (TPSA) is 499 Å². The summed E-state index contributed by atoms with van der Waals surface area (Å²) in [6, 6.07) is 58.2. The summed E-state index contributed by atoms with van der Waals surface area (Å²) in [5.74, 6) is -2.17. The van der Waals surface area contributed by atoms with Gasteiger partial charge in [0.25, 0.3) is 29.5 Å². The van der Waals surface area contributed by atoms with Crippen LogP contribution in [0.3, 0.4) is 0 Å². The summed E-state index contributed by atoms with van der Waals surface area (Å²) in [5, 5.41) is 29.4. The third-order valence-corrected chi connectivity index (χ3v) is 24.9. The monoisotopic (exact) mass is 1990 g/mol. The molecule has 9 amide bonds. The van der Waals surface area contributed by atoms with Crippen molar-refractivity contribution in [3.05, 3.63) is 336 Å². The van der Waals surface area contributed by atoms with Crippen molar-refractivity contribution in [3.8, 4) is 55.6 Å². The SMILES string of the molecule is CC(=O)N1CC(NC(=O)c2cnc(N)c3cc(-c4cccc(F)c4)ccc23)C1.CC(C)(CNC(=O)c1cnc(N)c2cc(-c3cccc(F)c3)ccc12)N1CCOCC1.CNC(=O)N1CC(NC(=O)c2cnc(N)c3cc(-c4cccc(F)c4)ccc23)C1.CNC(=O)c1nc(CNC(=O)c2cnc(N)c3cc(-c4cccc(F)c4)ccc23)no1.Nc1ncc(C(=O)NCc2cnccn2)c2ccc(-c3cccc(F)c3)cc12. The number of fused-ring (bicyclic) bond motifs is 5. The molecule has 0 spiro atoms. The standard InChI is InChI=1S/C24H27FN4O2.C21H17FN6O3.C21H20FN5O2.C21H16FN5O.C21H19FN4O2/c1-24(2,29-8-10-31-11-9-29)15-28-23(30)21-14-27-22(26)20-13-17(6-7-19(20)21)16-4-3-5-18(25)12-16;1-24-20(30)21-27-17(28-31-21)10-26-19(29)16-9-25-18(23)15-8-12(5-6-14(15)16)11-3-2-4-13(22)7-11;1-24-21(29)27-10-15(11-27)26-20(28)18-9-25-19(23)17-8-13(5-6-16(17)18)12-3-2-4-14(22)7-12;22-15-3-1-2-13(8-15)14-4-5-17-18(9-14)20(23)26-12-19(17)21(28)27-11-16-10-24-6-7-25-16;1-12(27)26-10-16(11-26)25-21(28)19-9-24-20(23)18-8-14(5-6-17(18)19)13-3-2-4-15(22)7-13/h3-7,12-14H,8-11,15H2,1-2H3,(H2,26,27)(H,28,30);2-9H,10H2,1H3,(H2,23,25)(H,24,30)(H,26,29);2-9,15H,10-11H2,1H3,(H2,23,25)(H,24,29)(H,26,28);1-10,12H,11H2,(H2,23,26)(H,27,28);2-9,16H,10-11H2,1H3,(H2,23,24)(H,25,28). The van der Waals surface area contributed by atoms with Gasteiger partial charge in [-0.1, -0.05) is 126 Å². The number of ether oxygens (including phenoxy) is 1. The van der Waals surface area contributed by atoms with Crippen LogP contribution >= 0.6 is 0 Å². The molecule has 3 saturated heterocycles. The molecule has 3 fully saturated rings. The van der Waals surface area contributed by atoms with Gasteiger partial charge < -0.3 is 84.9 Å². The molecule has 147 heavy (non-hydrogen) atoms. The van der Waals surface area contributed by atoms with Crippen LogP contribution in [0.2, 0.25) is 0 Å². The molecule has 3 aliphatic heterocycles. The molecule has 746 valence electrons. The normalized spacial score (nSPS) is 12.9. The van der Waals surface area contributed by atoms with Crippen LogP contribution in [0.25, 0.3) is 109 Å². The Hall–Kier alpha value is -18.4. The van der Waals surface area contributed by atoms with Crippen LogP contribution in [0.4, 0.5) is 55.8 Å². The summed E-state index contributed by atoms with van der Waals surface area (Å²) >= 11 is 0. The van der Waals surface area contributed by atoms with Gasteiger partial charge in [0.2, 0.25) is 5.91 Å². The number of amides is 9. The van der Waals surface area contributed by atoms with Gasteiger partial charge in [-0.2, -0.15) is 4.98 Å². The number of nitrogens with two attached hydrogens (primary N) is 5. The second-order valence-corrected chi connectivity index (χ2v) is 35.1. The first-order valence-electron chi connectivity index (χ1n) is 46.3. The summed E-state index contributed by atoms with van der Waals surface area (Å²) in [6.45, 7) is 11.5. The van der Waals surface area contributed by atoms with E-state index in [-0.39, 0.29) is 113 Å². The minimum absolute atomic E-state index is 0.00465. The molecule has 3 aliphatic rings. The Morgan fingerprint density at radius 2 is 0.701 bits per heavy atom. The number of rotatable bonds is 20. The lowest BCUT2D eigenvalue weighted by atomic mass is 9.98. The van der Waals surface area contributed by atoms with Gasteiger partial charge in [-0.15, -0.1) is 0 Å². The molecule has 10 aromatic carbocycles. The van der Waals surface area contributed by atoms with E-state index in [4.69, 9.17) is 37.9 Å². The largest absolute Gasteiger partial charge is 0.383 e. The number of anilines is 5. The van der Waals surface area contributed by atoms with E-state index in [0.717, 1.165) is 57.6 Å².